The Morgan fingerprint density at radius 3 is 2.30 bits per heavy atom. The SMILES string of the molecule is C=CCc1sccc1C(O[Si](CC)(CC)CC)C(C)C. The predicted octanol–water partition coefficient (Wildman–Crippen LogP) is 6.20. The molecule has 0 amide bonds. The van der Waals surface area contributed by atoms with Crippen molar-refractivity contribution in [3.8, 4) is 0 Å². The summed E-state index contributed by atoms with van der Waals surface area (Å²) in [7, 11) is -1.57. The molecule has 1 rings (SSSR count). The molecule has 0 saturated carbocycles. The second-order valence-corrected chi connectivity index (χ2v) is 11.5. The standard InChI is InChI=1S/C17H30OSSi/c1-7-11-16-15(12-13-19-16)17(14(5)6)18-20(8-2,9-3)10-4/h7,12-14,17H,1,8-11H2,2-6H3. The highest BCUT2D eigenvalue weighted by molar-refractivity contribution is 7.10. The Labute approximate surface area is 130 Å². The van der Waals surface area contributed by atoms with Gasteiger partial charge in [-0.25, -0.2) is 0 Å². The van der Waals surface area contributed by atoms with Gasteiger partial charge < -0.3 is 4.43 Å². The average molecular weight is 311 g/mol. The second kappa shape index (κ2) is 8.16. The summed E-state index contributed by atoms with van der Waals surface area (Å²) in [6.07, 6.45) is 3.21. The summed E-state index contributed by atoms with van der Waals surface area (Å²) in [6, 6.07) is 5.90. The van der Waals surface area contributed by atoms with Gasteiger partial charge in [0.25, 0.3) is 0 Å². The summed E-state index contributed by atoms with van der Waals surface area (Å²) in [5.74, 6) is 0.518. The van der Waals surface area contributed by atoms with Crippen molar-refractivity contribution in [3.63, 3.8) is 0 Å². The molecule has 0 aromatic carbocycles. The van der Waals surface area contributed by atoms with Crippen LogP contribution in [0.5, 0.6) is 0 Å². The maximum absolute atomic E-state index is 6.79. The van der Waals surface area contributed by atoms with E-state index < -0.39 is 8.32 Å². The van der Waals surface area contributed by atoms with Crippen LogP contribution in [0.4, 0.5) is 0 Å². The summed E-state index contributed by atoms with van der Waals surface area (Å²) >= 11 is 1.83. The van der Waals surface area contributed by atoms with Gasteiger partial charge >= 0.3 is 0 Å². The Morgan fingerprint density at radius 2 is 1.85 bits per heavy atom. The van der Waals surface area contributed by atoms with Crippen LogP contribution in [0.25, 0.3) is 0 Å². The van der Waals surface area contributed by atoms with E-state index in [9.17, 15) is 0 Å². The van der Waals surface area contributed by atoms with Crippen LogP contribution >= 0.6 is 11.3 Å². The minimum Gasteiger partial charge on any atom is -0.410 e. The van der Waals surface area contributed by atoms with Crippen molar-refractivity contribution >= 4 is 19.7 Å². The molecule has 20 heavy (non-hydrogen) atoms. The lowest BCUT2D eigenvalue weighted by molar-refractivity contribution is 0.139. The molecule has 1 heterocycles. The molecule has 0 fully saturated rings. The van der Waals surface area contributed by atoms with Crippen molar-refractivity contribution in [2.75, 3.05) is 0 Å². The molecule has 1 nitrogen and oxygen atoms in total. The lowest BCUT2D eigenvalue weighted by atomic mass is 9.99. The number of allylic oxidation sites excluding steroid dienone is 1. The lowest BCUT2D eigenvalue weighted by Crippen LogP contribution is -2.38. The molecule has 0 aliphatic carbocycles. The minimum absolute atomic E-state index is 0.253. The molecular weight excluding hydrogens is 280 g/mol. The first-order chi connectivity index (χ1) is 9.53. The third-order valence-corrected chi connectivity index (χ3v) is 9.91. The van der Waals surface area contributed by atoms with E-state index in [1.165, 1.54) is 28.6 Å². The van der Waals surface area contributed by atoms with Crippen LogP contribution in [0.2, 0.25) is 18.1 Å². The molecular formula is C17H30OSSi. The zero-order chi connectivity index (χ0) is 15.2. The molecule has 3 heteroatoms. The van der Waals surface area contributed by atoms with Crippen molar-refractivity contribution < 1.29 is 4.43 Å². The molecule has 114 valence electrons. The topological polar surface area (TPSA) is 9.23 Å². The Balaban J connectivity index is 3.05. The fourth-order valence-corrected chi connectivity index (χ4v) is 6.58. The van der Waals surface area contributed by atoms with E-state index in [-0.39, 0.29) is 6.10 Å². The summed E-state index contributed by atoms with van der Waals surface area (Å²) in [4.78, 5) is 1.42. The summed E-state index contributed by atoms with van der Waals surface area (Å²) < 4.78 is 6.79. The van der Waals surface area contributed by atoms with Crippen molar-refractivity contribution in [1.82, 2.24) is 0 Å². The third-order valence-electron chi connectivity index (χ3n) is 4.33. The van der Waals surface area contributed by atoms with Crippen molar-refractivity contribution in [2.24, 2.45) is 5.92 Å². The monoisotopic (exact) mass is 310 g/mol. The first-order valence-corrected chi connectivity index (χ1v) is 11.3. The highest BCUT2D eigenvalue weighted by atomic mass is 32.1. The van der Waals surface area contributed by atoms with Gasteiger partial charge in [0.2, 0.25) is 0 Å². The van der Waals surface area contributed by atoms with Crippen LogP contribution in [0, 0.1) is 5.92 Å². The maximum atomic E-state index is 6.79. The van der Waals surface area contributed by atoms with Gasteiger partial charge in [-0.15, -0.1) is 17.9 Å². The Bertz CT molecular complexity index is 399. The van der Waals surface area contributed by atoms with Crippen LogP contribution in [-0.4, -0.2) is 8.32 Å². The first kappa shape index (κ1) is 17.7. The molecule has 0 saturated heterocycles. The lowest BCUT2D eigenvalue weighted by Gasteiger charge is -2.35. The molecule has 1 aromatic rings. The van der Waals surface area contributed by atoms with Crippen molar-refractivity contribution in [2.45, 2.75) is 65.3 Å². The van der Waals surface area contributed by atoms with E-state index in [2.05, 4.69) is 52.6 Å². The number of hydrogen-bond donors (Lipinski definition) is 0. The van der Waals surface area contributed by atoms with Gasteiger partial charge in [0, 0.05) is 4.88 Å². The van der Waals surface area contributed by atoms with E-state index >= 15 is 0 Å². The van der Waals surface area contributed by atoms with Crippen molar-refractivity contribution in [3.05, 3.63) is 34.5 Å². The van der Waals surface area contributed by atoms with E-state index in [1.54, 1.807) is 0 Å². The number of thiophene rings is 1. The molecule has 0 aliphatic heterocycles. The Morgan fingerprint density at radius 1 is 1.25 bits per heavy atom. The van der Waals surface area contributed by atoms with Crippen LogP contribution in [0.15, 0.2) is 24.1 Å². The van der Waals surface area contributed by atoms with Gasteiger partial charge in [0.05, 0.1) is 6.10 Å². The fraction of sp³-hybridized carbons (Fsp3) is 0.647. The third kappa shape index (κ3) is 4.06. The molecule has 1 atom stereocenters. The van der Waals surface area contributed by atoms with Gasteiger partial charge in [-0.3, -0.25) is 0 Å². The normalized spacial score (nSPS) is 13.7. The summed E-state index contributed by atoms with van der Waals surface area (Å²) in [5, 5.41) is 2.19. The smallest absolute Gasteiger partial charge is 0.192 e. The van der Waals surface area contributed by atoms with E-state index in [1.807, 2.05) is 17.4 Å². The van der Waals surface area contributed by atoms with Crippen LogP contribution < -0.4 is 0 Å². The average Bonchev–Trinajstić information content (AvgIpc) is 2.89. The van der Waals surface area contributed by atoms with Crippen LogP contribution in [-0.2, 0) is 10.8 Å². The van der Waals surface area contributed by atoms with Crippen LogP contribution in [0.1, 0.15) is 51.2 Å². The molecule has 0 bridgehead atoms. The van der Waals surface area contributed by atoms with Gasteiger partial charge in [-0.05, 0) is 47.5 Å². The van der Waals surface area contributed by atoms with Gasteiger partial charge in [-0.1, -0.05) is 40.7 Å². The molecule has 0 radical (unpaired) electrons. The molecule has 1 unspecified atom stereocenters. The van der Waals surface area contributed by atoms with Crippen molar-refractivity contribution in [1.29, 1.82) is 0 Å². The first-order valence-electron chi connectivity index (χ1n) is 7.88. The highest BCUT2D eigenvalue weighted by Crippen LogP contribution is 2.37. The van der Waals surface area contributed by atoms with E-state index in [0.717, 1.165) is 6.42 Å². The minimum atomic E-state index is -1.57. The molecule has 1 aromatic heterocycles. The zero-order valence-corrected chi connectivity index (χ0v) is 15.6. The molecule has 0 N–H and O–H groups in total. The second-order valence-electron chi connectivity index (χ2n) is 5.82. The largest absolute Gasteiger partial charge is 0.410 e. The number of hydrogen-bond acceptors (Lipinski definition) is 2. The van der Waals surface area contributed by atoms with E-state index in [4.69, 9.17) is 4.43 Å². The maximum Gasteiger partial charge on any atom is 0.192 e. The fourth-order valence-electron chi connectivity index (χ4n) is 2.73. The van der Waals surface area contributed by atoms with Gasteiger partial charge in [-0.2, -0.15) is 0 Å². The van der Waals surface area contributed by atoms with Gasteiger partial charge in [0.1, 0.15) is 0 Å². The molecule has 0 aliphatic rings. The van der Waals surface area contributed by atoms with Gasteiger partial charge in [0.15, 0.2) is 8.32 Å². The van der Waals surface area contributed by atoms with E-state index in [0.29, 0.717) is 5.92 Å². The Kier molecular flexibility index (Phi) is 7.20. The number of rotatable bonds is 9. The predicted molar refractivity (Wildman–Crippen MR) is 94.1 cm³/mol. The summed E-state index contributed by atoms with van der Waals surface area (Å²) in [6.45, 7) is 15.3. The Hall–Kier alpha value is -0.383. The highest BCUT2D eigenvalue weighted by Gasteiger charge is 2.34. The van der Waals surface area contributed by atoms with Crippen LogP contribution in [0.3, 0.4) is 0 Å². The quantitative estimate of drug-likeness (QED) is 0.390. The summed E-state index contributed by atoms with van der Waals surface area (Å²) in [5.41, 5.74) is 1.40. The molecule has 0 spiro atoms. The zero-order valence-electron chi connectivity index (χ0n) is 13.7.